The first-order valence-electron chi connectivity index (χ1n) is 8.71. The minimum atomic E-state index is 0.212. The molecule has 2 N–H and O–H groups in total. The number of aromatic nitrogens is 1. The second-order valence-corrected chi connectivity index (χ2v) is 7.79. The molecule has 0 aliphatic heterocycles. The van der Waals surface area contributed by atoms with Crippen molar-refractivity contribution < 1.29 is 4.74 Å². The fourth-order valence-electron chi connectivity index (χ4n) is 3.78. The van der Waals surface area contributed by atoms with Gasteiger partial charge in [0.1, 0.15) is 23.2 Å². The first-order valence-corrected chi connectivity index (χ1v) is 8.71. The highest BCUT2D eigenvalue weighted by molar-refractivity contribution is 5.82. The lowest BCUT2D eigenvalue weighted by Crippen LogP contribution is -2.28. The molecular formula is C21H25N3O. The third-order valence-corrected chi connectivity index (χ3v) is 5.30. The number of anilines is 1. The molecule has 1 unspecified atom stereocenters. The van der Waals surface area contributed by atoms with Crippen molar-refractivity contribution in [1.29, 1.82) is 5.26 Å². The lowest BCUT2D eigenvalue weighted by atomic mass is 9.70. The van der Waals surface area contributed by atoms with Gasteiger partial charge in [0, 0.05) is 16.8 Å². The third kappa shape index (κ3) is 3.07. The van der Waals surface area contributed by atoms with E-state index in [0.29, 0.717) is 17.3 Å². The summed E-state index contributed by atoms with van der Waals surface area (Å²) in [4.78, 5) is 4.56. The fraction of sp³-hybridized carbons (Fsp3) is 0.429. The van der Waals surface area contributed by atoms with E-state index in [9.17, 15) is 5.26 Å². The second-order valence-electron chi connectivity index (χ2n) is 7.79. The van der Waals surface area contributed by atoms with Gasteiger partial charge in [-0.3, -0.25) is 0 Å². The number of pyridine rings is 1. The highest BCUT2D eigenvalue weighted by Gasteiger charge is 2.32. The molecule has 0 amide bonds. The summed E-state index contributed by atoms with van der Waals surface area (Å²) in [5, 5.41) is 9.74. The molecule has 25 heavy (non-hydrogen) atoms. The third-order valence-electron chi connectivity index (χ3n) is 5.30. The number of para-hydroxylation sites is 1. The van der Waals surface area contributed by atoms with E-state index in [1.54, 1.807) is 7.11 Å². The van der Waals surface area contributed by atoms with E-state index < -0.39 is 0 Å². The highest BCUT2D eigenvalue weighted by Crippen LogP contribution is 2.44. The van der Waals surface area contributed by atoms with Crippen molar-refractivity contribution in [2.24, 2.45) is 11.3 Å². The van der Waals surface area contributed by atoms with Gasteiger partial charge in [0.15, 0.2) is 0 Å². The molecule has 0 saturated heterocycles. The Kier molecular flexibility index (Phi) is 4.43. The molecule has 0 saturated carbocycles. The van der Waals surface area contributed by atoms with E-state index in [1.165, 1.54) is 0 Å². The molecule has 0 fully saturated rings. The van der Waals surface area contributed by atoms with Crippen LogP contribution < -0.4 is 10.5 Å². The lowest BCUT2D eigenvalue weighted by Gasteiger charge is -2.35. The Hall–Kier alpha value is -2.54. The Bertz CT molecular complexity index is 843. The Morgan fingerprint density at radius 2 is 2.00 bits per heavy atom. The summed E-state index contributed by atoms with van der Waals surface area (Å²) in [6, 6.07) is 10.1. The SMILES string of the molecule is COc1ccccc1-c1c(C#N)c(N)nc2c1CC(C(C)(C)C)CC2. The van der Waals surface area contributed by atoms with Gasteiger partial charge in [-0.2, -0.15) is 5.26 Å². The minimum absolute atomic E-state index is 0.212. The molecule has 1 aliphatic rings. The van der Waals surface area contributed by atoms with Crippen molar-refractivity contribution in [2.75, 3.05) is 12.8 Å². The van der Waals surface area contributed by atoms with Crippen molar-refractivity contribution in [2.45, 2.75) is 40.0 Å². The first kappa shape index (κ1) is 17.3. The van der Waals surface area contributed by atoms with Crippen LogP contribution in [-0.4, -0.2) is 12.1 Å². The van der Waals surface area contributed by atoms with Crippen LogP contribution in [0.3, 0.4) is 0 Å². The Morgan fingerprint density at radius 1 is 1.28 bits per heavy atom. The van der Waals surface area contributed by atoms with E-state index in [0.717, 1.165) is 47.4 Å². The average Bonchev–Trinajstić information content (AvgIpc) is 2.59. The quantitative estimate of drug-likeness (QED) is 0.885. The number of aryl methyl sites for hydroxylation is 1. The molecule has 130 valence electrons. The smallest absolute Gasteiger partial charge is 0.142 e. The zero-order chi connectivity index (χ0) is 18.2. The van der Waals surface area contributed by atoms with Gasteiger partial charge < -0.3 is 10.5 Å². The van der Waals surface area contributed by atoms with Crippen LogP contribution in [0.1, 0.15) is 44.0 Å². The Labute approximate surface area is 149 Å². The molecular weight excluding hydrogens is 310 g/mol. The maximum absolute atomic E-state index is 9.74. The van der Waals surface area contributed by atoms with E-state index in [4.69, 9.17) is 10.5 Å². The number of hydrogen-bond acceptors (Lipinski definition) is 4. The molecule has 4 heteroatoms. The number of nitrogens with two attached hydrogens (primary N) is 1. The van der Waals surface area contributed by atoms with E-state index in [2.05, 4.69) is 31.8 Å². The monoisotopic (exact) mass is 335 g/mol. The molecule has 1 aliphatic carbocycles. The van der Waals surface area contributed by atoms with E-state index in [1.807, 2.05) is 24.3 Å². The molecule has 2 aromatic rings. The Morgan fingerprint density at radius 3 is 2.64 bits per heavy atom. The summed E-state index contributed by atoms with van der Waals surface area (Å²) in [5.74, 6) is 1.62. The zero-order valence-corrected chi connectivity index (χ0v) is 15.4. The Balaban J connectivity index is 2.27. The lowest BCUT2D eigenvalue weighted by molar-refractivity contribution is 0.215. The zero-order valence-electron chi connectivity index (χ0n) is 15.4. The molecule has 1 aromatic carbocycles. The predicted molar refractivity (Wildman–Crippen MR) is 100 cm³/mol. The van der Waals surface area contributed by atoms with Crippen molar-refractivity contribution in [1.82, 2.24) is 4.98 Å². The number of nitriles is 1. The van der Waals surface area contributed by atoms with Crippen LogP contribution in [0.5, 0.6) is 5.75 Å². The van der Waals surface area contributed by atoms with Crippen LogP contribution in [0.2, 0.25) is 0 Å². The first-order chi connectivity index (χ1) is 11.9. The molecule has 3 rings (SSSR count). The maximum atomic E-state index is 9.74. The summed E-state index contributed by atoms with van der Waals surface area (Å²) in [5.41, 5.74) is 10.8. The largest absolute Gasteiger partial charge is 0.496 e. The van der Waals surface area contributed by atoms with Gasteiger partial charge in [0.25, 0.3) is 0 Å². The van der Waals surface area contributed by atoms with Gasteiger partial charge in [0.05, 0.1) is 7.11 Å². The van der Waals surface area contributed by atoms with E-state index in [-0.39, 0.29) is 5.41 Å². The number of fused-ring (bicyclic) bond motifs is 1. The van der Waals surface area contributed by atoms with Gasteiger partial charge in [0.2, 0.25) is 0 Å². The predicted octanol–water partition coefficient (Wildman–Crippen LogP) is 4.36. The molecule has 1 heterocycles. The van der Waals surface area contributed by atoms with Crippen LogP contribution in [0.15, 0.2) is 24.3 Å². The van der Waals surface area contributed by atoms with Crippen LogP contribution in [0, 0.1) is 22.7 Å². The van der Waals surface area contributed by atoms with Crippen molar-refractivity contribution in [3.63, 3.8) is 0 Å². The van der Waals surface area contributed by atoms with Crippen molar-refractivity contribution in [3.05, 3.63) is 41.1 Å². The number of benzene rings is 1. The normalized spacial score (nSPS) is 16.8. The topological polar surface area (TPSA) is 71.9 Å². The van der Waals surface area contributed by atoms with Gasteiger partial charge in [-0.05, 0) is 42.2 Å². The van der Waals surface area contributed by atoms with Crippen molar-refractivity contribution >= 4 is 5.82 Å². The number of methoxy groups -OCH3 is 1. The summed E-state index contributed by atoms with van der Waals surface area (Å²) in [6.07, 6.45) is 2.91. The number of rotatable bonds is 2. The van der Waals surface area contributed by atoms with E-state index >= 15 is 0 Å². The average molecular weight is 335 g/mol. The fourth-order valence-corrected chi connectivity index (χ4v) is 3.78. The van der Waals surface area contributed by atoms with Gasteiger partial charge in [-0.25, -0.2) is 4.98 Å². The molecule has 1 atom stereocenters. The standard InChI is InChI=1S/C21H25N3O/c1-21(2,3)13-9-10-17-15(11-13)19(16(12-22)20(23)24-17)14-7-5-6-8-18(14)25-4/h5-8,13H,9-11H2,1-4H3,(H2,23,24). The summed E-state index contributed by atoms with van der Waals surface area (Å²) in [7, 11) is 1.65. The summed E-state index contributed by atoms with van der Waals surface area (Å²) >= 11 is 0. The molecule has 0 spiro atoms. The molecule has 4 nitrogen and oxygen atoms in total. The molecule has 1 aromatic heterocycles. The summed E-state index contributed by atoms with van der Waals surface area (Å²) < 4.78 is 5.55. The van der Waals surface area contributed by atoms with Crippen LogP contribution >= 0.6 is 0 Å². The number of nitrogens with zero attached hydrogens (tertiary/aromatic N) is 2. The maximum Gasteiger partial charge on any atom is 0.142 e. The van der Waals surface area contributed by atoms with Crippen LogP contribution in [0.4, 0.5) is 5.82 Å². The number of hydrogen-bond donors (Lipinski definition) is 1. The van der Waals surface area contributed by atoms with Gasteiger partial charge >= 0.3 is 0 Å². The van der Waals surface area contributed by atoms with Crippen LogP contribution in [0.25, 0.3) is 11.1 Å². The summed E-state index contributed by atoms with van der Waals surface area (Å²) in [6.45, 7) is 6.84. The molecule has 0 bridgehead atoms. The highest BCUT2D eigenvalue weighted by atomic mass is 16.5. The minimum Gasteiger partial charge on any atom is -0.496 e. The number of nitrogen functional groups attached to an aromatic ring is 1. The van der Waals surface area contributed by atoms with Crippen LogP contribution in [-0.2, 0) is 12.8 Å². The number of ether oxygens (including phenoxy) is 1. The van der Waals surface area contributed by atoms with Crippen molar-refractivity contribution in [3.8, 4) is 22.9 Å². The molecule has 0 radical (unpaired) electrons. The second kappa shape index (κ2) is 6.40. The van der Waals surface area contributed by atoms with Gasteiger partial charge in [-0.15, -0.1) is 0 Å². The van der Waals surface area contributed by atoms with Gasteiger partial charge in [-0.1, -0.05) is 39.0 Å².